The topological polar surface area (TPSA) is 88.1 Å². The van der Waals surface area contributed by atoms with Gasteiger partial charge in [0.15, 0.2) is 0 Å². The SMILES string of the molecule is N#Cc1c2n(c(=O)n(CC(=O)N3CCCCCC3)c1=O)CCC2. The molecule has 0 radical (unpaired) electrons. The molecule has 7 nitrogen and oxygen atoms in total. The Hall–Kier alpha value is -2.36. The van der Waals surface area contributed by atoms with E-state index in [-0.39, 0.29) is 18.0 Å². The molecule has 0 bridgehead atoms. The minimum Gasteiger partial charge on any atom is -0.341 e. The number of nitrogens with zero attached hydrogens (tertiary/aromatic N) is 4. The maximum atomic E-state index is 12.5. The molecular weight excluding hydrogens is 296 g/mol. The summed E-state index contributed by atoms with van der Waals surface area (Å²) in [4.78, 5) is 39.1. The Labute approximate surface area is 133 Å². The van der Waals surface area contributed by atoms with Gasteiger partial charge in [-0.15, -0.1) is 0 Å². The van der Waals surface area contributed by atoms with Gasteiger partial charge in [-0.2, -0.15) is 5.26 Å². The molecule has 0 saturated carbocycles. The number of carbonyl (C=O) groups excluding carboxylic acids is 1. The van der Waals surface area contributed by atoms with Crippen molar-refractivity contribution < 1.29 is 4.79 Å². The molecule has 1 amide bonds. The molecule has 7 heteroatoms. The minimum absolute atomic E-state index is 0.00534. The van der Waals surface area contributed by atoms with Crippen molar-refractivity contribution in [3.63, 3.8) is 0 Å². The fourth-order valence-corrected chi connectivity index (χ4v) is 3.44. The van der Waals surface area contributed by atoms with Crippen LogP contribution in [0.5, 0.6) is 0 Å². The Balaban J connectivity index is 1.94. The Morgan fingerprint density at radius 1 is 1.04 bits per heavy atom. The number of amides is 1. The van der Waals surface area contributed by atoms with E-state index in [1.807, 2.05) is 6.07 Å². The van der Waals surface area contributed by atoms with E-state index < -0.39 is 11.2 Å². The van der Waals surface area contributed by atoms with Crippen LogP contribution in [0.3, 0.4) is 0 Å². The molecule has 0 atom stereocenters. The van der Waals surface area contributed by atoms with Crippen LogP contribution in [0.1, 0.15) is 43.4 Å². The summed E-state index contributed by atoms with van der Waals surface area (Å²) < 4.78 is 2.40. The summed E-state index contributed by atoms with van der Waals surface area (Å²) in [6, 6.07) is 1.91. The number of rotatable bonds is 2. The predicted octanol–water partition coefficient (Wildman–Crippen LogP) is 0.230. The molecule has 2 aliphatic rings. The molecule has 3 rings (SSSR count). The standard InChI is InChI=1S/C16H20N4O3/c17-10-12-13-6-5-9-19(13)16(23)20(15(12)22)11-14(21)18-7-3-1-2-4-8-18/h1-9,11H2. The third kappa shape index (κ3) is 2.81. The highest BCUT2D eigenvalue weighted by Gasteiger charge is 2.24. The third-order valence-electron chi connectivity index (χ3n) is 4.69. The van der Waals surface area contributed by atoms with Crippen molar-refractivity contribution in [2.75, 3.05) is 13.1 Å². The largest absolute Gasteiger partial charge is 0.341 e. The number of nitriles is 1. The summed E-state index contributed by atoms with van der Waals surface area (Å²) in [5.74, 6) is -0.214. The van der Waals surface area contributed by atoms with E-state index >= 15 is 0 Å². The molecule has 23 heavy (non-hydrogen) atoms. The Bertz CT molecular complexity index is 776. The molecule has 1 fully saturated rings. The second-order valence-corrected chi connectivity index (χ2v) is 6.16. The fourth-order valence-electron chi connectivity index (χ4n) is 3.44. The van der Waals surface area contributed by atoms with Crippen LogP contribution in [0.25, 0.3) is 0 Å². The van der Waals surface area contributed by atoms with Gasteiger partial charge in [-0.1, -0.05) is 12.8 Å². The molecular formula is C16H20N4O3. The Kier molecular flexibility index (Phi) is 4.33. The smallest absolute Gasteiger partial charge is 0.331 e. The van der Waals surface area contributed by atoms with Crippen molar-refractivity contribution in [3.8, 4) is 6.07 Å². The first-order valence-electron chi connectivity index (χ1n) is 8.18. The van der Waals surface area contributed by atoms with Gasteiger partial charge in [-0.05, 0) is 25.7 Å². The van der Waals surface area contributed by atoms with Gasteiger partial charge in [0, 0.05) is 25.3 Å². The highest BCUT2D eigenvalue weighted by atomic mass is 16.2. The molecule has 0 aromatic carbocycles. The van der Waals surface area contributed by atoms with Crippen molar-refractivity contribution in [2.24, 2.45) is 0 Å². The maximum absolute atomic E-state index is 12.5. The lowest BCUT2D eigenvalue weighted by molar-refractivity contribution is -0.131. The van der Waals surface area contributed by atoms with E-state index in [4.69, 9.17) is 0 Å². The first-order chi connectivity index (χ1) is 11.1. The molecule has 0 spiro atoms. The third-order valence-corrected chi connectivity index (χ3v) is 4.69. The number of hydrogen-bond donors (Lipinski definition) is 0. The van der Waals surface area contributed by atoms with Crippen molar-refractivity contribution >= 4 is 5.91 Å². The Morgan fingerprint density at radius 3 is 2.39 bits per heavy atom. The van der Waals surface area contributed by atoms with Crippen LogP contribution in [0, 0.1) is 11.3 Å². The molecule has 2 aliphatic heterocycles. The van der Waals surface area contributed by atoms with Gasteiger partial charge in [0.1, 0.15) is 18.2 Å². The molecule has 1 saturated heterocycles. The van der Waals surface area contributed by atoms with E-state index in [1.165, 1.54) is 4.57 Å². The molecule has 1 aromatic heterocycles. The van der Waals surface area contributed by atoms with E-state index in [2.05, 4.69) is 0 Å². The Morgan fingerprint density at radius 2 is 1.74 bits per heavy atom. The summed E-state index contributed by atoms with van der Waals surface area (Å²) in [7, 11) is 0. The highest BCUT2D eigenvalue weighted by Crippen LogP contribution is 2.13. The molecule has 0 N–H and O–H groups in total. The number of aromatic nitrogens is 2. The van der Waals surface area contributed by atoms with E-state index in [0.717, 1.165) is 36.7 Å². The predicted molar refractivity (Wildman–Crippen MR) is 83.0 cm³/mol. The zero-order valence-corrected chi connectivity index (χ0v) is 13.1. The van der Waals surface area contributed by atoms with Crippen LogP contribution < -0.4 is 11.2 Å². The normalized spacial score (nSPS) is 17.4. The average molecular weight is 316 g/mol. The number of likely N-dealkylation sites (tertiary alicyclic amines) is 1. The monoisotopic (exact) mass is 316 g/mol. The van der Waals surface area contributed by atoms with Crippen molar-refractivity contribution in [1.29, 1.82) is 5.26 Å². The first kappa shape index (κ1) is 15.5. The van der Waals surface area contributed by atoms with E-state index in [0.29, 0.717) is 31.7 Å². The van der Waals surface area contributed by atoms with Gasteiger partial charge >= 0.3 is 5.69 Å². The summed E-state index contributed by atoms with van der Waals surface area (Å²) in [6.45, 7) is 1.57. The van der Waals surface area contributed by atoms with Gasteiger partial charge in [-0.3, -0.25) is 14.2 Å². The van der Waals surface area contributed by atoms with Crippen LogP contribution >= 0.6 is 0 Å². The number of fused-ring (bicyclic) bond motifs is 1. The zero-order valence-electron chi connectivity index (χ0n) is 13.1. The lowest BCUT2D eigenvalue weighted by Gasteiger charge is -2.21. The quantitative estimate of drug-likeness (QED) is 0.781. The van der Waals surface area contributed by atoms with Gasteiger partial charge in [0.2, 0.25) is 5.91 Å². The van der Waals surface area contributed by atoms with Crippen LogP contribution in [-0.4, -0.2) is 33.0 Å². The second-order valence-electron chi connectivity index (χ2n) is 6.16. The second kappa shape index (κ2) is 6.41. The van der Waals surface area contributed by atoms with E-state index in [9.17, 15) is 19.6 Å². The van der Waals surface area contributed by atoms with Crippen molar-refractivity contribution in [1.82, 2.24) is 14.0 Å². The molecule has 0 unspecified atom stereocenters. The molecule has 3 heterocycles. The van der Waals surface area contributed by atoms with Gasteiger partial charge in [0.25, 0.3) is 5.56 Å². The lowest BCUT2D eigenvalue weighted by atomic mass is 10.2. The van der Waals surface area contributed by atoms with Crippen molar-refractivity contribution in [2.45, 2.75) is 51.6 Å². The van der Waals surface area contributed by atoms with Crippen LogP contribution in [-0.2, 0) is 24.3 Å². The molecule has 122 valence electrons. The summed E-state index contributed by atoms with van der Waals surface area (Å²) in [5, 5.41) is 9.24. The summed E-state index contributed by atoms with van der Waals surface area (Å²) in [6.07, 6.45) is 5.41. The van der Waals surface area contributed by atoms with E-state index in [1.54, 1.807) is 4.90 Å². The fraction of sp³-hybridized carbons (Fsp3) is 0.625. The number of carbonyl (C=O) groups is 1. The molecule has 1 aromatic rings. The van der Waals surface area contributed by atoms with Crippen LogP contribution in [0.2, 0.25) is 0 Å². The lowest BCUT2D eigenvalue weighted by Crippen LogP contribution is -2.46. The highest BCUT2D eigenvalue weighted by molar-refractivity contribution is 5.76. The summed E-state index contributed by atoms with van der Waals surface area (Å²) in [5.41, 5.74) is -0.578. The minimum atomic E-state index is -0.631. The zero-order chi connectivity index (χ0) is 16.4. The molecule has 0 aliphatic carbocycles. The van der Waals surface area contributed by atoms with Gasteiger partial charge < -0.3 is 4.90 Å². The first-order valence-corrected chi connectivity index (χ1v) is 8.18. The summed E-state index contributed by atoms with van der Waals surface area (Å²) >= 11 is 0. The van der Waals surface area contributed by atoms with Gasteiger partial charge in [-0.25, -0.2) is 9.36 Å². The average Bonchev–Trinajstić information content (AvgIpc) is 2.86. The van der Waals surface area contributed by atoms with Gasteiger partial charge in [0.05, 0.1) is 0 Å². The number of hydrogen-bond acceptors (Lipinski definition) is 4. The van der Waals surface area contributed by atoms with Crippen LogP contribution in [0.4, 0.5) is 0 Å². The maximum Gasteiger partial charge on any atom is 0.331 e. The van der Waals surface area contributed by atoms with Crippen molar-refractivity contribution in [3.05, 3.63) is 32.1 Å². The van der Waals surface area contributed by atoms with Crippen LogP contribution in [0.15, 0.2) is 9.59 Å².